The van der Waals surface area contributed by atoms with Crippen molar-refractivity contribution in [3.63, 3.8) is 0 Å². The third-order valence-corrected chi connectivity index (χ3v) is 4.39. The number of aromatic nitrogens is 2. The van der Waals surface area contributed by atoms with Crippen molar-refractivity contribution in [2.45, 2.75) is 37.7 Å². The quantitative estimate of drug-likeness (QED) is 0.897. The lowest BCUT2D eigenvalue weighted by Gasteiger charge is -2.35. The van der Waals surface area contributed by atoms with E-state index in [0.717, 1.165) is 50.4 Å². The number of rotatable bonds is 3. The summed E-state index contributed by atoms with van der Waals surface area (Å²) >= 11 is 0. The lowest BCUT2D eigenvalue weighted by atomic mass is 9.94. The van der Waals surface area contributed by atoms with Crippen LogP contribution in [-0.2, 0) is 4.74 Å². The maximum absolute atomic E-state index is 10.6. The minimum Gasteiger partial charge on any atom is -0.388 e. The van der Waals surface area contributed by atoms with Crippen LogP contribution in [0.25, 0.3) is 0 Å². The van der Waals surface area contributed by atoms with Crippen molar-refractivity contribution >= 4 is 0 Å². The van der Waals surface area contributed by atoms with Crippen molar-refractivity contribution in [1.29, 1.82) is 0 Å². The van der Waals surface area contributed by atoms with Crippen LogP contribution < -0.4 is 0 Å². The molecule has 0 saturated carbocycles. The maximum atomic E-state index is 10.6. The topological polar surface area (TPSA) is 58.5 Å². The summed E-state index contributed by atoms with van der Waals surface area (Å²) in [5, 5.41) is 10.6. The Morgan fingerprint density at radius 3 is 3.00 bits per heavy atom. The molecule has 3 rings (SSSR count). The highest BCUT2D eigenvalue weighted by Crippen LogP contribution is 2.28. The zero-order valence-corrected chi connectivity index (χ0v) is 12.1. The highest BCUT2D eigenvalue weighted by atomic mass is 16.5. The number of β-amino-alcohol motifs (C(OH)–C–C–N with tert-alkyl or cyclic N) is 1. The zero-order valence-electron chi connectivity index (χ0n) is 12.1. The van der Waals surface area contributed by atoms with Crippen molar-refractivity contribution in [3.05, 3.63) is 23.8 Å². The molecule has 0 spiro atoms. The van der Waals surface area contributed by atoms with Crippen LogP contribution in [-0.4, -0.2) is 58.4 Å². The van der Waals surface area contributed by atoms with Gasteiger partial charge in [-0.25, -0.2) is 9.97 Å². The van der Waals surface area contributed by atoms with Gasteiger partial charge in [0.05, 0.1) is 5.60 Å². The molecule has 0 aromatic carbocycles. The summed E-state index contributed by atoms with van der Waals surface area (Å²) in [5.41, 5.74) is 0.456. The first-order chi connectivity index (χ1) is 9.65. The minimum atomic E-state index is -0.569. The monoisotopic (exact) mass is 277 g/mol. The molecule has 1 aromatic rings. The largest absolute Gasteiger partial charge is 0.388 e. The second-order valence-electron chi connectivity index (χ2n) is 6.11. The normalized spacial score (nSPS) is 26.8. The molecule has 5 heteroatoms. The molecule has 1 aromatic heterocycles. The number of hydrogen-bond donors (Lipinski definition) is 1. The van der Waals surface area contributed by atoms with Crippen molar-refractivity contribution in [1.82, 2.24) is 14.9 Å². The number of aryl methyl sites for hydroxylation is 1. The summed E-state index contributed by atoms with van der Waals surface area (Å²) in [5.74, 6) is 1.35. The van der Waals surface area contributed by atoms with Gasteiger partial charge in [0, 0.05) is 57.0 Å². The van der Waals surface area contributed by atoms with E-state index in [2.05, 4.69) is 14.9 Å². The van der Waals surface area contributed by atoms with E-state index >= 15 is 0 Å². The highest BCUT2D eigenvalue weighted by Gasteiger charge is 2.35. The first kappa shape index (κ1) is 13.9. The third-order valence-electron chi connectivity index (χ3n) is 4.39. The molecule has 2 aliphatic heterocycles. The second kappa shape index (κ2) is 5.76. The second-order valence-corrected chi connectivity index (χ2v) is 6.11. The fraction of sp³-hybridized carbons (Fsp3) is 0.733. The SMILES string of the molecule is Cc1ccnc(C2CCN(CC3(O)CCOCC3)C2)n1. The van der Waals surface area contributed by atoms with Gasteiger partial charge < -0.3 is 9.84 Å². The van der Waals surface area contributed by atoms with Crippen LogP contribution in [0.15, 0.2) is 12.3 Å². The fourth-order valence-electron chi connectivity index (χ4n) is 3.18. The van der Waals surface area contributed by atoms with Crippen molar-refractivity contribution < 1.29 is 9.84 Å². The Balaban J connectivity index is 1.59. The summed E-state index contributed by atoms with van der Waals surface area (Å²) in [4.78, 5) is 11.3. The molecule has 3 heterocycles. The summed E-state index contributed by atoms with van der Waals surface area (Å²) in [6, 6.07) is 1.93. The average molecular weight is 277 g/mol. The Morgan fingerprint density at radius 2 is 2.25 bits per heavy atom. The standard InChI is InChI=1S/C15H23N3O2/c1-12-2-6-16-14(17-12)13-3-7-18(10-13)11-15(19)4-8-20-9-5-15/h2,6,13,19H,3-5,7-11H2,1H3. The summed E-state index contributed by atoms with van der Waals surface area (Å²) in [6.45, 7) is 6.07. The van der Waals surface area contributed by atoms with E-state index in [4.69, 9.17) is 4.74 Å². The van der Waals surface area contributed by atoms with Crippen molar-refractivity contribution in [3.8, 4) is 0 Å². The van der Waals surface area contributed by atoms with E-state index in [1.807, 2.05) is 19.2 Å². The van der Waals surface area contributed by atoms with Gasteiger partial charge in [-0.3, -0.25) is 4.90 Å². The maximum Gasteiger partial charge on any atom is 0.132 e. The van der Waals surface area contributed by atoms with E-state index in [-0.39, 0.29) is 0 Å². The van der Waals surface area contributed by atoms with Gasteiger partial charge in [0.2, 0.25) is 0 Å². The Kier molecular flexibility index (Phi) is 4.01. The number of ether oxygens (including phenoxy) is 1. The van der Waals surface area contributed by atoms with Crippen LogP contribution >= 0.6 is 0 Å². The number of likely N-dealkylation sites (tertiary alicyclic amines) is 1. The van der Waals surface area contributed by atoms with E-state index in [9.17, 15) is 5.11 Å². The lowest BCUT2D eigenvalue weighted by molar-refractivity contribution is -0.0773. The van der Waals surface area contributed by atoms with Crippen LogP contribution in [0, 0.1) is 6.92 Å². The highest BCUT2D eigenvalue weighted by molar-refractivity contribution is 5.06. The molecule has 1 atom stereocenters. The van der Waals surface area contributed by atoms with Crippen LogP contribution in [0.5, 0.6) is 0 Å². The van der Waals surface area contributed by atoms with Crippen LogP contribution in [0.4, 0.5) is 0 Å². The van der Waals surface area contributed by atoms with Gasteiger partial charge in [0.1, 0.15) is 5.82 Å². The molecule has 20 heavy (non-hydrogen) atoms. The molecule has 1 N–H and O–H groups in total. The number of nitrogens with zero attached hydrogens (tertiary/aromatic N) is 3. The first-order valence-electron chi connectivity index (χ1n) is 7.47. The molecular formula is C15H23N3O2. The Labute approximate surface area is 120 Å². The smallest absolute Gasteiger partial charge is 0.132 e. The average Bonchev–Trinajstić information content (AvgIpc) is 2.87. The summed E-state index contributed by atoms with van der Waals surface area (Å²) < 4.78 is 5.33. The fourth-order valence-corrected chi connectivity index (χ4v) is 3.18. The Hall–Kier alpha value is -1.04. The van der Waals surface area contributed by atoms with E-state index in [1.54, 1.807) is 0 Å². The Morgan fingerprint density at radius 1 is 1.45 bits per heavy atom. The van der Waals surface area contributed by atoms with Gasteiger partial charge in [-0.05, 0) is 26.0 Å². The minimum absolute atomic E-state index is 0.401. The molecule has 5 nitrogen and oxygen atoms in total. The molecule has 1 unspecified atom stereocenters. The summed E-state index contributed by atoms with van der Waals surface area (Å²) in [6.07, 6.45) is 4.41. The predicted molar refractivity (Wildman–Crippen MR) is 75.6 cm³/mol. The number of hydrogen-bond acceptors (Lipinski definition) is 5. The molecule has 2 saturated heterocycles. The van der Waals surface area contributed by atoms with Gasteiger partial charge in [0.15, 0.2) is 0 Å². The van der Waals surface area contributed by atoms with Crippen molar-refractivity contribution in [2.24, 2.45) is 0 Å². The van der Waals surface area contributed by atoms with Gasteiger partial charge in [-0.2, -0.15) is 0 Å². The van der Waals surface area contributed by atoms with Crippen LogP contribution in [0.3, 0.4) is 0 Å². The molecular weight excluding hydrogens is 254 g/mol. The molecule has 0 aliphatic carbocycles. The third kappa shape index (κ3) is 3.16. The lowest BCUT2D eigenvalue weighted by Crippen LogP contribution is -2.46. The number of aliphatic hydroxyl groups is 1. The Bertz CT molecular complexity index is 460. The van der Waals surface area contributed by atoms with Crippen molar-refractivity contribution in [2.75, 3.05) is 32.8 Å². The zero-order chi connectivity index (χ0) is 14.0. The van der Waals surface area contributed by atoms with E-state index < -0.39 is 5.60 Å². The molecule has 0 amide bonds. The molecule has 110 valence electrons. The molecule has 0 radical (unpaired) electrons. The van der Waals surface area contributed by atoms with Crippen LogP contribution in [0.1, 0.15) is 36.7 Å². The molecule has 2 fully saturated rings. The van der Waals surface area contributed by atoms with Gasteiger partial charge >= 0.3 is 0 Å². The van der Waals surface area contributed by atoms with E-state index in [1.165, 1.54) is 0 Å². The van der Waals surface area contributed by atoms with E-state index in [0.29, 0.717) is 19.1 Å². The molecule has 2 aliphatic rings. The molecule has 0 bridgehead atoms. The predicted octanol–water partition coefficient (Wildman–Crippen LogP) is 1.12. The van der Waals surface area contributed by atoms with Gasteiger partial charge in [-0.1, -0.05) is 0 Å². The van der Waals surface area contributed by atoms with Crippen LogP contribution in [0.2, 0.25) is 0 Å². The van der Waals surface area contributed by atoms with Gasteiger partial charge in [0.25, 0.3) is 0 Å². The first-order valence-corrected chi connectivity index (χ1v) is 7.47. The summed E-state index contributed by atoms with van der Waals surface area (Å²) in [7, 11) is 0. The van der Waals surface area contributed by atoms with Gasteiger partial charge in [-0.15, -0.1) is 0 Å².